The minimum Gasteiger partial charge on any atom is -0.493 e. The Kier molecular flexibility index (Phi) is 6.69. The van der Waals surface area contributed by atoms with Crippen LogP contribution in [0.15, 0.2) is 47.6 Å². The molecule has 7 nitrogen and oxygen atoms in total. The Hall–Kier alpha value is -3.10. The van der Waals surface area contributed by atoms with Crippen LogP contribution in [-0.4, -0.2) is 40.6 Å². The molecule has 0 saturated heterocycles. The lowest BCUT2D eigenvalue weighted by molar-refractivity contribution is -0.131. The van der Waals surface area contributed by atoms with E-state index in [0.717, 1.165) is 15.0 Å². The first-order chi connectivity index (χ1) is 14.1. The smallest absolute Gasteiger partial charge is 0.274 e. The zero-order valence-electron chi connectivity index (χ0n) is 16.6. The Labute approximate surface area is 172 Å². The predicted molar refractivity (Wildman–Crippen MR) is 113 cm³/mol. The van der Waals surface area contributed by atoms with Gasteiger partial charge in [-0.3, -0.25) is 4.79 Å². The molecule has 3 rings (SSSR count). The van der Waals surface area contributed by atoms with Gasteiger partial charge in [0, 0.05) is 22.3 Å². The van der Waals surface area contributed by atoms with Crippen molar-refractivity contribution in [1.82, 2.24) is 5.43 Å². The summed E-state index contributed by atoms with van der Waals surface area (Å²) in [7, 11) is 6.10. The van der Waals surface area contributed by atoms with Gasteiger partial charge in [0.05, 0.1) is 27.5 Å². The van der Waals surface area contributed by atoms with Crippen molar-refractivity contribution in [3.05, 3.63) is 52.9 Å². The van der Waals surface area contributed by atoms with E-state index in [0.29, 0.717) is 22.8 Å². The molecule has 0 fully saturated rings. The third kappa shape index (κ3) is 4.49. The highest BCUT2D eigenvalue weighted by molar-refractivity contribution is 7.19. The molecule has 1 atom stereocenters. The monoisotopic (exact) mass is 414 g/mol. The van der Waals surface area contributed by atoms with Crippen LogP contribution in [0.5, 0.6) is 17.2 Å². The Balaban J connectivity index is 1.75. The number of ether oxygens (including phenoxy) is 4. The Morgan fingerprint density at radius 3 is 2.31 bits per heavy atom. The lowest BCUT2D eigenvalue weighted by atomic mass is 10.2. The van der Waals surface area contributed by atoms with E-state index in [1.807, 2.05) is 30.3 Å². The number of rotatable bonds is 8. The van der Waals surface area contributed by atoms with Crippen molar-refractivity contribution < 1.29 is 23.7 Å². The van der Waals surface area contributed by atoms with Crippen LogP contribution in [-0.2, 0) is 9.53 Å². The summed E-state index contributed by atoms with van der Waals surface area (Å²) in [6, 6.07) is 13.4. The van der Waals surface area contributed by atoms with Crippen molar-refractivity contribution in [3.8, 4) is 17.2 Å². The van der Waals surface area contributed by atoms with Gasteiger partial charge < -0.3 is 18.9 Å². The molecule has 0 bridgehead atoms. The molecule has 1 aromatic heterocycles. The second kappa shape index (κ2) is 9.40. The molecule has 0 aliphatic rings. The molecule has 2 aromatic carbocycles. The summed E-state index contributed by atoms with van der Waals surface area (Å²) >= 11 is 1.52. The number of fused-ring (bicyclic) bond motifs is 1. The third-order valence-electron chi connectivity index (χ3n) is 4.25. The number of hydrogen-bond donors (Lipinski definition) is 1. The number of hydrogen-bond acceptors (Lipinski definition) is 7. The van der Waals surface area contributed by atoms with E-state index in [1.165, 1.54) is 46.0 Å². The third-order valence-corrected chi connectivity index (χ3v) is 5.41. The number of hydrazone groups is 1. The number of nitrogens with zero attached hydrogens (tertiary/aromatic N) is 1. The average molecular weight is 414 g/mol. The molecule has 0 aliphatic carbocycles. The first-order valence-electron chi connectivity index (χ1n) is 8.75. The molecule has 1 N–H and O–H groups in total. The summed E-state index contributed by atoms with van der Waals surface area (Å²) in [6.07, 6.45) is 0.754. The summed E-state index contributed by atoms with van der Waals surface area (Å²) in [5.41, 5.74) is 3.20. The molecule has 1 heterocycles. The van der Waals surface area contributed by atoms with E-state index in [-0.39, 0.29) is 5.91 Å². The summed E-state index contributed by atoms with van der Waals surface area (Å²) in [6.45, 7) is 0. The summed E-state index contributed by atoms with van der Waals surface area (Å²) in [4.78, 5) is 13.4. The van der Waals surface area contributed by atoms with Gasteiger partial charge in [-0.1, -0.05) is 18.2 Å². The van der Waals surface area contributed by atoms with Gasteiger partial charge >= 0.3 is 0 Å². The average Bonchev–Trinajstić information content (AvgIpc) is 3.17. The Morgan fingerprint density at radius 2 is 1.72 bits per heavy atom. The molecule has 3 aromatic rings. The van der Waals surface area contributed by atoms with Crippen LogP contribution < -0.4 is 19.6 Å². The highest BCUT2D eigenvalue weighted by atomic mass is 32.1. The van der Waals surface area contributed by atoms with Crippen LogP contribution in [0.1, 0.15) is 16.5 Å². The van der Waals surface area contributed by atoms with E-state index < -0.39 is 6.10 Å². The van der Waals surface area contributed by atoms with Crippen LogP contribution in [0, 0.1) is 0 Å². The molecular weight excluding hydrogens is 392 g/mol. The van der Waals surface area contributed by atoms with Crippen LogP contribution in [0.2, 0.25) is 0 Å². The number of benzene rings is 2. The molecule has 29 heavy (non-hydrogen) atoms. The van der Waals surface area contributed by atoms with E-state index in [4.69, 9.17) is 18.9 Å². The number of nitrogens with one attached hydrogen (secondary N) is 1. The van der Waals surface area contributed by atoms with E-state index >= 15 is 0 Å². The van der Waals surface area contributed by atoms with Crippen molar-refractivity contribution in [1.29, 1.82) is 0 Å². The summed E-state index contributed by atoms with van der Waals surface area (Å²) in [5, 5.41) is 5.12. The molecule has 0 radical (unpaired) electrons. The number of carbonyl (C=O) groups is 1. The van der Waals surface area contributed by atoms with Crippen molar-refractivity contribution in [2.45, 2.75) is 6.10 Å². The second-order valence-corrected chi connectivity index (χ2v) is 7.11. The van der Waals surface area contributed by atoms with Gasteiger partial charge in [-0.05, 0) is 29.7 Å². The van der Waals surface area contributed by atoms with E-state index in [2.05, 4.69) is 10.5 Å². The maximum absolute atomic E-state index is 12.6. The summed E-state index contributed by atoms with van der Waals surface area (Å²) < 4.78 is 22.4. The molecule has 0 saturated carbocycles. The van der Waals surface area contributed by atoms with Crippen molar-refractivity contribution in [3.63, 3.8) is 0 Å². The molecule has 0 aliphatic heterocycles. The molecule has 8 heteroatoms. The first kappa shape index (κ1) is 20.6. The van der Waals surface area contributed by atoms with Crippen LogP contribution in [0.4, 0.5) is 0 Å². The number of carbonyl (C=O) groups excluding carboxylic acids is 1. The van der Waals surface area contributed by atoms with Gasteiger partial charge in [0.15, 0.2) is 17.6 Å². The Morgan fingerprint density at radius 1 is 1.03 bits per heavy atom. The molecule has 152 valence electrons. The molecule has 0 spiro atoms. The van der Waals surface area contributed by atoms with Crippen LogP contribution >= 0.6 is 11.3 Å². The number of amides is 1. The lowest BCUT2D eigenvalue weighted by Crippen LogP contribution is -2.26. The normalized spacial score (nSPS) is 12.1. The molecular formula is C21H22N2O5S. The summed E-state index contributed by atoms with van der Waals surface area (Å²) in [5.74, 6) is 1.13. The maximum atomic E-state index is 12.6. The minimum absolute atomic E-state index is 0.359. The van der Waals surface area contributed by atoms with Crippen molar-refractivity contribution in [2.24, 2.45) is 5.10 Å². The van der Waals surface area contributed by atoms with Crippen LogP contribution in [0.3, 0.4) is 0 Å². The Bertz CT molecular complexity index is 973. The lowest BCUT2D eigenvalue weighted by Gasteiger charge is -2.13. The van der Waals surface area contributed by atoms with Gasteiger partial charge in [-0.15, -0.1) is 11.3 Å². The van der Waals surface area contributed by atoms with Gasteiger partial charge in [0.1, 0.15) is 0 Å². The number of methoxy groups -OCH3 is 4. The molecule has 1 amide bonds. The fourth-order valence-electron chi connectivity index (χ4n) is 2.89. The largest absolute Gasteiger partial charge is 0.493 e. The fourth-order valence-corrected chi connectivity index (χ4v) is 4.03. The first-order valence-corrected chi connectivity index (χ1v) is 9.57. The topological polar surface area (TPSA) is 78.4 Å². The second-order valence-electron chi connectivity index (χ2n) is 6.00. The number of thiophene rings is 1. The van der Waals surface area contributed by atoms with Gasteiger partial charge in [0.2, 0.25) is 5.75 Å². The van der Waals surface area contributed by atoms with Gasteiger partial charge in [0.25, 0.3) is 5.91 Å². The van der Waals surface area contributed by atoms with Gasteiger partial charge in [-0.25, -0.2) is 5.43 Å². The minimum atomic E-state index is -0.746. The highest BCUT2D eigenvalue weighted by Crippen LogP contribution is 2.37. The highest BCUT2D eigenvalue weighted by Gasteiger charge is 2.22. The van der Waals surface area contributed by atoms with E-state index in [1.54, 1.807) is 12.1 Å². The fraction of sp³-hybridized carbons (Fsp3) is 0.238. The standard InChI is InChI=1S/C21H22N2O5S/c1-25-15-9-13(10-16(26-2)19(15)27-3)12-22-23-21(24)20(28-4)18-11-14-7-5-6-8-17(14)29-18/h5-12,20H,1-4H3,(H,23,24). The molecule has 1 unspecified atom stereocenters. The van der Waals surface area contributed by atoms with Crippen LogP contribution in [0.25, 0.3) is 10.1 Å². The van der Waals surface area contributed by atoms with Crippen molar-refractivity contribution >= 4 is 33.5 Å². The predicted octanol–water partition coefficient (Wildman–Crippen LogP) is 3.76. The zero-order chi connectivity index (χ0) is 20.8. The quantitative estimate of drug-likeness (QED) is 0.448. The zero-order valence-corrected chi connectivity index (χ0v) is 17.4. The van der Waals surface area contributed by atoms with Gasteiger partial charge in [-0.2, -0.15) is 5.10 Å². The van der Waals surface area contributed by atoms with Crippen molar-refractivity contribution in [2.75, 3.05) is 28.4 Å². The SMILES string of the molecule is COc1cc(C=NNC(=O)C(OC)c2cc3ccccc3s2)cc(OC)c1OC. The van der Waals surface area contributed by atoms with E-state index in [9.17, 15) is 4.79 Å². The maximum Gasteiger partial charge on any atom is 0.274 e.